The molecule has 0 spiro atoms. The van der Waals surface area contributed by atoms with Gasteiger partial charge in [0.25, 0.3) is 5.91 Å². The molecule has 1 amide bonds. The van der Waals surface area contributed by atoms with Crippen LogP contribution in [-0.4, -0.2) is 20.9 Å². The SMILES string of the molecule is C=CCNS(=O)(=O)c1ccc(Br)c(C(=O)Nc2cccc(C)c2)c1. The highest BCUT2D eigenvalue weighted by molar-refractivity contribution is 9.10. The number of carbonyl (C=O) groups excluding carboxylic acids is 1. The fraction of sp³-hybridized carbons (Fsp3) is 0.118. The van der Waals surface area contributed by atoms with Crippen molar-refractivity contribution in [3.63, 3.8) is 0 Å². The van der Waals surface area contributed by atoms with E-state index in [1.807, 2.05) is 25.1 Å². The van der Waals surface area contributed by atoms with Gasteiger partial charge in [-0.3, -0.25) is 4.79 Å². The van der Waals surface area contributed by atoms with Gasteiger partial charge >= 0.3 is 0 Å². The minimum Gasteiger partial charge on any atom is -0.322 e. The van der Waals surface area contributed by atoms with Crippen LogP contribution >= 0.6 is 15.9 Å². The number of sulfonamides is 1. The van der Waals surface area contributed by atoms with Gasteiger partial charge in [0.15, 0.2) is 0 Å². The van der Waals surface area contributed by atoms with Crippen LogP contribution < -0.4 is 10.0 Å². The summed E-state index contributed by atoms with van der Waals surface area (Å²) in [6.07, 6.45) is 1.45. The molecule has 5 nitrogen and oxygen atoms in total. The molecule has 0 aliphatic heterocycles. The minimum absolute atomic E-state index is 0.0157. The normalized spacial score (nSPS) is 11.1. The van der Waals surface area contributed by atoms with E-state index in [0.717, 1.165) is 5.56 Å². The van der Waals surface area contributed by atoms with Crippen LogP contribution in [0.4, 0.5) is 5.69 Å². The van der Waals surface area contributed by atoms with Crippen molar-refractivity contribution in [2.45, 2.75) is 11.8 Å². The van der Waals surface area contributed by atoms with E-state index in [-0.39, 0.29) is 17.0 Å². The van der Waals surface area contributed by atoms with Crippen molar-refractivity contribution in [2.75, 3.05) is 11.9 Å². The molecule has 2 aromatic rings. The zero-order chi connectivity index (χ0) is 17.7. The van der Waals surface area contributed by atoms with Crippen LogP contribution in [0, 0.1) is 6.92 Å². The molecule has 0 aromatic heterocycles. The predicted molar refractivity (Wildman–Crippen MR) is 98.7 cm³/mol. The first-order chi connectivity index (χ1) is 11.3. The Morgan fingerprint density at radius 3 is 2.67 bits per heavy atom. The van der Waals surface area contributed by atoms with Gasteiger partial charge in [-0.25, -0.2) is 13.1 Å². The van der Waals surface area contributed by atoms with E-state index < -0.39 is 15.9 Å². The summed E-state index contributed by atoms with van der Waals surface area (Å²) in [6.45, 7) is 5.51. The van der Waals surface area contributed by atoms with E-state index in [1.54, 1.807) is 6.07 Å². The highest BCUT2D eigenvalue weighted by Crippen LogP contribution is 2.22. The molecule has 2 aromatic carbocycles. The van der Waals surface area contributed by atoms with Crippen LogP contribution in [0.3, 0.4) is 0 Å². The Morgan fingerprint density at radius 2 is 2.00 bits per heavy atom. The van der Waals surface area contributed by atoms with Gasteiger partial charge in [-0.2, -0.15) is 0 Å². The highest BCUT2D eigenvalue weighted by Gasteiger charge is 2.18. The molecular formula is C17H17BrN2O3S. The monoisotopic (exact) mass is 408 g/mol. The van der Waals surface area contributed by atoms with Gasteiger partial charge in [0.05, 0.1) is 10.5 Å². The van der Waals surface area contributed by atoms with Crippen LogP contribution in [0.25, 0.3) is 0 Å². The molecule has 0 aliphatic carbocycles. The maximum atomic E-state index is 12.5. The summed E-state index contributed by atoms with van der Waals surface area (Å²) < 4.78 is 27.2. The van der Waals surface area contributed by atoms with Crippen LogP contribution in [0.5, 0.6) is 0 Å². The molecule has 7 heteroatoms. The fourth-order valence-corrected chi connectivity index (χ4v) is 3.47. The molecule has 0 atom stereocenters. The topological polar surface area (TPSA) is 75.3 Å². The number of hydrogen-bond donors (Lipinski definition) is 2. The van der Waals surface area contributed by atoms with Crippen molar-refractivity contribution in [3.05, 3.63) is 70.7 Å². The molecule has 0 fully saturated rings. The average molecular weight is 409 g/mol. The van der Waals surface area contributed by atoms with Crippen molar-refractivity contribution in [3.8, 4) is 0 Å². The lowest BCUT2D eigenvalue weighted by Crippen LogP contribution is -2.24. The zero-order valence-corrected chi connectivity index (χ0v) is 15.4. The third-order valence-electron chi connectivity index (χ3n) is 3.19. The second-order valence-electron chi connectivity index (χ2n) is 5.11. The van der Waals surface area contributed by atoms with Gasteiger partial charge in [-0.05, 0) is 58.7 Å². The molecule has 0 saturated heterocycles. The first-order valence-electron chi connectivity index (χ1n) is 7.11. The Balaban J connectivity index is 2.31. The summed E-state index contributed by atoms with van der Waals surface area (Å²) in [6, 6.07) is 11.7. The number of anilines is 1. The predicted octanol–water partition coefficient (Wildman–Crippen LogP) is 3.47. The summed E-state index contributed by atoms with van der Waals surface area (Å²) in [7, 11) is -3.70. The smallest absolute Gasteiger partial charge is 0.256 e. The zero-order valence-electron chi connectivity index (χ0n) is 13.0. The van der Waals surface area contributed by atoms with Crippen LogP contribution in [0.15, 0.2) is 64.5 Å². The van der Waals surface area contributed by atoms with Crippen molar-refractivity contribution in [1.82, 2.24) is 4.72 Å². The Kier molecular flexibility index (Phi) is 5.93. The summed E-state index contributed by atoms with van der Waals surface area (Å²) >= 11 is 3.29. The van der Waals surface area contributed by atoms with Gasteiger partial charge in [0, 0.05) is 16.7 Å². The second-order valence-corrected chi connectivity index (χ2v) is 7.73. The number of amides is 1. The number of benzene rings is 2. The maximum absolute atomic E-state index is 12.5. The molecular weight excluding hydrogens is 392 g/mol. The molecule has 0 saturated carbocycles. The number of carbonyl (C=O) groups is 1. The maximum Gasteiger partial charge on any atom is 0.256 e. The van der Waals surface area contributed by atoms with E-state index in [2.05, 4.69) is 32.5 Å². The summed E-state index contributed by atoms with van der Waals surface area (Å²) in [5.41, 5.74) is 1.89. The van der Waals surface area contributed by atoms with Crippen molar-refractivity contribution >= 4 is 37.5 Å². The molecule has 2 rings (SSSR count). The standard InChI is InChI=1S/C17H17BrN2O3S/c1-3-9-19-24(22,23)14-7-8-16(18)15(11-14)17(21)20-13-6-4-5-12(2)10-13/h3-8,10-11,19H,1,9H2,2H3,(H,20,21). The molecule has 2 N–H and O–H groups in total. The molecule has 0 unspecified atom stereocenters. The van der Waals surface area contributed by atoms with Gasteiger partial charge < -0.3 is 5.32 Å². The quantitative estimate of drug-likeness (QED) is 0.718. The van der Waals surface area contributed by atoms with Crippen LogP contribution in [0.2, 0.25) is 0 Å². The van der Waals surface area contributed by atoms with Gasteiger partial charge in [-0.15, -0.1) is 6.58 Å². The Labute approximate surface area is 150 Å². The first kappa shape index (κ1) is 18.4. The lowest BCUT2D eigenvalue weighted by molar-refractivity contribution is 0.102. The molecule has 0 aliphatic rings. The van der Waals surface area contributed by atoms with E-state index in [0.29, 0.717) is 10.2 Å². The van der Waals surface area contributed by atoms with Crippen LogP contribution in [0.1, 0.15) is 15.9 Å². The van der Waals surface area contributed by atoms with Crippen molar-refractivity contribution in [1.29, 1.82) is 0 Å². The lowest BCUT2D eigenvalue weighted by atomic mass is 10.2. The Morgan fingerprint density at radius 1 is 1.25 bits per heavy atom. The molecule has 0 bridgehead atoms. The first-order valence-corrected chi connectivity index (χ1v) is 9.39. The summed E-state index contributed by atoms with van der Waals surface area (Å²) in [5.74, 6) is -0.395. The number of hydrogen-bond acceptors (Lipinski definition) is 3. The highest BCUT2D eigenvalue weighted by atomic mass is 79.9. The lowest BCUT2D eigenvalue weighted by Gasteiger charge is -2.10. The fourth-order valence-electron chi connectivity index (χ4n) is 2.02. The third-order valence-corrected chi connectivity index (χ3v) is 5.30. The Hall–Kier alpha value is -1.96. The Bertz CT molecular complexity index is 879. The van der Waals surface area contributed by atoms with Crippen molar-refractivity contribution < 1.29 is 13.2 Å². The van der Waals surface area contributed by atoms with E-state index in [4.69, 9.17) is 0 Å². The number of nitrogens with one attached hydrogen (secondary N) is 2. The number of halogens is 1. The summed E-state index contributed by atoms with van der Waals surface area (Å²) in [5, 5.41) is 2.76. The van der Waals surface area contributed by atoms with Crippen LogP contribution in [-0.2, 0) is 10.0 Å². The third kappa shape index (κ3) is 4.53. The van der Waals surface area contributed by atoms with Crippen molar-refractivity contribution in [2.24, 2.45) is 0 Å². The average Bonchev–Trinajstić information content (AvgIpc) is 2.53. The largest absolute Gasteiger partial charge is 0.322 e. The second kappa shape index (κ2) is 7.74. The van der Waals surface area contributed by atoms with E-state index >= 15 is 0 Å². The molecule has 126 valence electrons. The van der Waals surface area contributed by atoms with Gasteiger partial charge in [0.1, 0.15) is 0 Å². The van der Waals surface area contributed by atoms with Gasteiger partial charge in [-0.1, -0.05) is 18.2 Å². The summed E-state index contributed by atoms with van der Waals surface area (Å²) in [4.78, 5) is 12.5. The van der Waals surface area contributed by atoms with E-state index in [1.165, 1.54) is 24.3 Å². The van der Waals surface area contributed by atoms with Gasteiger partial charge in [0.2, 0.25) is 10.0 Å². The molecule has 0 heterocycles. The molecule has 0 radical (unpaired) electrons. The number of aryl methyl sites for hydroxylation is 1. The molecule has 24 heavy (non-hydrogen) atoms. The minimum atomic E-state index is -3.70. The number of rotatable bonds is 6. The van der Waals surface area contributed by atoms with E-state index in [9.17, 15) is 13.2 Å².